The molecular formula is C15H22ClNO2. The summed E-state index contributed by atoms with van der Waals surface area (Å²) in [5, 5.41) is 4.19. The quantitative estimate of drug-likeness (QED) is 0.814. The fraction of sp³-hybridized carbons (Fsp3) is 0.600. The zero-order valence-electron chi connectivity index (χ0n) is 11.6. The molecule has 1 N–H and O–H groups in total. The second-order valence-corrected chi connectivity index (χ2v) is 5.49. The van der Waals surface area contributed by atoms with Crippen LogP contribution in [0.5, 0.6) is 5.75 Å². The summed E-state index contributed by atoms with van der Waals surface area (Å²) >= 11 is 5.91. The standard InChI is InChI=1S/C15H22ClNO2/c1-11-10-13(16)5-6-14(11)19-9-7-17-12(2)15-4-3-8-18-15/h5-6,10,12,15,17H,3-4,7-9H2,1-2H3. The number of rotatable bonds is 6. The van der Waals surface area contributed by atoms with Gasteiger partial charge in [0, 0.05) is 24.2 Å². The van der Waals surface area contributed by atoms with Crippen molar-refractivity contribution in [2.24, 2.45) is 0 Å². The summed E-state index contributed by atoms with van der Waals surface area (Å²) in [7, 11) is 0. The lowest BCUT2D eigenvalue weighted by atomic mass is 10.1. The fourth-order valence-corrected chi connectivity index (χ4v) is 2.58. The highest BCUT2D eigenvalue weighted by molar-refractivity contribution is 6.30. The Morgan fingerprint density at radius 1 is 1.53 bits per heavy atom. The topological polar surface area (TPSA) is 30.5 Å². The van der Waals surface area contributed by atoms with Crippen LogP contribution < -0.4 is 10.1 Å². The van der Waals surface area contributed by atoms with Crippen molar-refractivity contribution in [1.82, 2.24) is 5.32 Å². The van der Waals surface area contributed by atoms with E-state index in [0.29, 0.717) is 18.8 Å². The van der Waals surface area contributed by atoms with Gasteiger partial charge in [-0.15, -0.1) is 0 Å². The average molecular weight is 284 g/mol. The molecule has 1 heterocycles. The summed E-state index contributed by atoms with van der Waals surface area (Å²) in [6, 6.07) is 6.07. The minimum atomic E-state index is 0.359. The molecule has 0 radical (unpaired) electrons. The Hall–Kier alpha value is -0.770. The second kappa shape index (κ2) is 7.13. The Morgan fingerprint density at radius 3 is 3.05 bits per heavy atom. The molecule has 1 aliphatic rings. The number of hydrogen-bond acceptors (Lipinski definition) is 3. The van der Waals surface area contributed by atoms with Crippen molar-refractivity contribution < 1.29 is 9.47 Å². The molecule has 1 fully saturated rings. The third-order valence-electron chi connectivity index (χ3n) is 3.49. The second-order valence-electron chi connectivity index (χ2n) is 5.05. The molecule has 0 bridgehead atoms. The summed E-state index contributed by atoms with van der Waals surface area (Å²) in [5.41, 5.74) is 1.07. The van der Waals surface area contributed by atoms with E-state index in [1.807, 2.05) is 25.1 Å². The summed E-state index contributed by atoms with van der Waals surface area (Å²) in [4.78, 5) is 0. The highest BCUT2D eigenvalue weighted by Gasteiger charge is 2.21. The molecule has 0 aliphatic carbocycles. The van der Waals surface area contributed by atoms with Crippen molar-refractivity contribution >= 4 is 11.6 Å². The molecule has 19 heavy (non-hydrogen) atoms. The number of nitrogens with one attached hydrogen (secondary N) is 1. The van der Waals surface area contributed by atoms with Crippen molar-refractivity contribution in [3.8, 4) is 5.75 Å². The highest BCUT2D eigenvalue weighted by Crippen LogP contribution is 2.21. The largest absolute Gasteiger partial charge is 0.492 e. The Bertz CT molecular complexity index is 405. The van der Waals surface area contributed by atoms with Gasteiger partial charge in [-0.1, -0.05) is 11.6 Å². The van der Waals surface area contributed by atoms with Crippen LogP contribution in [0.1, 0.15) is 25.3 Å². The summed E-state index contributed by atoms with van der Waals surface area (Å²) in [6.45, 7) is 6.55. The number of halogens is 1. The number of hydrogen-bond donors (Lipinski definition) is 1. The molecule has 2 rings (SSSR count). The third-order valence-corrected chi connectivity index (χ3v) is 3.72. The molecule has 0 aromatic heterocycles. The van der Waals surface area contributed by atoms with Crippen LogP contribution in [0.4, 0.5) is 0 Å². The van der Waals surface area contributed by atoms with Gasteiger partial charge >= 0.3 is 0 Å². The Morgan fingerprint density at radius 2 is 2.37 bits per heavy atom. The van der Waals surface area contributed by atoms with E-state index in [1.165, 1.54) is 6.42 Å². The van der Waals surface area contributed by atoms with Gasteiger partial charge in [-0.3, -0.25) is 0 Å². The first-order chi connectivity index (χ1) is 9.16. The van der Waals surface area contributed by atoms with Gasteiger partial charge in [-0.05, 0) is 50.5 Å². The summed E-state index contributed by atoms with van der Waals surface area (Å²) < 4.78 is 11.4. The molecule has 2 atom stereocenters. The van der Waals surface area contributed by atoms with Gasteiger partial charge < -0.3 is 14.8 Å². The molecule has 1 aromatic rings. The van der Waals surface area contributed by atoms with Gasteiger partial charge in [0.05, 0.1) is 6.10 Å². The van der Waals surface area contributed by atoms with Crippen molar-refractivity contribution in [3.63, 3.8) is 0 Å². The predicted octanol–water partition coefficient (Wildman–Crippen LogP) is 3.18. The van der Waals surface area contributed by atoms with E-state index >= 15 is 0 Å². The molecule has 106 valence electrons. The van der Waals surface area contributed by atoms with Crippen molar-refractivity contribution in [2.75, 3.05) is 19.8 Å². The monoisotopic (exact) mass is 283 g/mol. The SMILES string of the molecule is Cc1cc(Cl)ccc1OCCNC(C)C1CCCO1. The molecule has 1 saturated heterocycles. The smallest absolute Gasteiger partial charge is 0.122 e. The summed E-state index contributed by atoms with van der Waals surface area (Å²) in [6.07, 6.45) is 2.69. The van der Waals surface area contributed by atoms with Gasteiger partial charge in [0.25, 0.3) is 0 Å². The maximum atomic E-state index is 5.91. The Balaban J connectivity index is 1.68. The lowest BCUT2D eigenvalue weighted by molar-refractivity contribution is 0.0824. The van der Waals surface area contributed by atoms with E-state index in [0.717, 1.165) is 35.9 Å². The van der Waals surface area contributed by atoms with Gasteiger partial charge in [0.1, 0.15) is 12.4 Å². The van der Waals surface area contributed by atoms with Crippen LogP contribution in [0.2, 0.25) is 5.02 Å². The minimum absolute atomic E-state index is 0.359. The van der Waals surface area contributed by atoms with E-state index in [4.69, 9.17) is 21.1 Å². The average Bonchev–Trinajstić information content (AvgIpc) is 2.90. The van der Waals surface area contributed by atoms with Crippen molar-refractivity contribution in [3.05, 3.63) is 28.8 Å². The van der Waals surface area contributed by atoms with Gasteiger partial charge in [0.15, 0.2) is 0 Å². The van der Waals surface area contributed by atoms with Crippen LogP contribution in [0.15, 0.2) is 18.2 Å². The van der Waals surface area contributed by atoms with Crippen LogP contribution in [-0.4, -0.2) is 31.9 Å². The third kappa shape index (κ3) is 4.37. The number of benzene rings is 1. The molecule has 0 spiro atoms. The van der Waals surface area contributed by atoms with Gasteiger partial charge in [-0.2, -0.15) is 0 Å². The molecule has 1 aromatic carbocycles. The number of ether oxygens (including phenoxy) is 2. The maximum absolute atomic E-state index is 5.91. The molecule has 0 amide bonds. The Kier molecular flexibility index (Phi) is 5.49. The van der Waals surface area contributed by atoms with E-state index in [-0.39, 0.29) is 0 Å². The predicted molar refractivity (Wildman–Crippen MR) is 78.1 cm³/mol. The zero-order valence-corrected chi connectivity index (χ0v) is 12.4. The highest BCUT2D eigenvalue weighted by atomic mass is 35.5. The van der Waals surface area contributed by atoms with E-state index < -0.39 is 0 Å². The normalized spacial score (nSPS) is 20.5. The van der Waals surface area contributed by atoms with E-state index in [1.54, 1.807) is 0 Å². The van der Waals surface area contributed by atoms with Gasteiger partial charge in [0.2, 0.25) is 0 Å². The Labute approximate surface area is 120 Å². The fourth-order valence-electron chi connectivity index (χ4n) is 2.35. The van der Waals surface area contributed by atoms with Crippen LogP contribution in [0.3, 0.4) is 0 Å². The molecule has 3 nitrogen and oxygen atoms in total. The molecule has 2 unspecified atom stereocenters. The maximum Gasteiger partial charge on any atom is 0.122 e. The molecule has 0 saturated carbocycles. The molecule has 1 aliphatic heterocycles. The van der Waals surface area contributed by atoms with Crippen molar-refractivity contribution in [1.29, 1.82) is 0 Å². The number of aryl methyl sites for hydroxylation is 1. The molecular weight excluding hydrogens is 262 g/mol. The lowest BCUT2D eigenvalue weighted by Gasteiger charge is -2.20. The van der Waals surface area contributed by atoms with Crippen molar-refractivity contribution in [2.45, 2.75) is 38.8 Å². The first-order valence-corrected chi connectivity index (χ1v) is 7.28. The van der Waals surface area contributed by atoms with Crippen LogP contribution in [0, 0.1) is 6.92 Å². The van der Waals surface area contributed by atoms with Crippen LogP contribution >= 0.6 is 11.6 Å². The van der Waals surface area contributed by atoms with E-state index in [2.05, 4.69) is 12.2 Å². The zero-order chi connectivity index (χ0) is 13.7. The lowest BCUT2D eigenvalue weighted by Crippen LogP contribution is -2.39. The first kappa shape index (κ1) is 14.6. The van der Waals surface area contributed by atoms with Crippen LogP contribution in [0.25, 0.3) is 0 Å². The van der Waals surface area contributed by atoms with E-state index in [9.17, 15) is 0 Å². The van der Waals surface area contributed by atoms with Crippen LogP contribution in [-0.2, 0) is 4.74 Å². The minimum Gasteiger partial charge on any atom is -0.492 e. The first-order valence-electron chi connectivity index (χ1n) is 6.91. The molecule has 4 heteroatoms. The van der Waals surface area contributed by atoms with Gasteiger partial charge in [-0.25, -0.2) is 0 Å². The summed E-state index contributed by atoms with van der Waals surface area (Å²) in [5.74, 6) is 0.899.